The minimum atomic E-state index is 0.0460. The molecule has 0 unspecified atom stereocenters. The van der Waals surface area contributed by atoms with Crippen molar-refractivity contribution in [1.29, 1.82) is 0 Å². The molecule has 4 aromatic rings. The fourth-order valence-electron chi connectivity index (χ4n) is 7.07. The van der Waals surface area contributed by atoms with Crippen LogP contribution in [0.5, 0.6) is 0 Å². The lowest BCUT2D eigenvalue weighted by molar-refractivity contribution is 0.424. The van der Waals surface area contributed by atoms with E-state index >= 15 is 0 Å². The van der Waals surface area contributed by atoms with E-state index in [-0.39, 0.29) is 5.41 Å². The molecule has 6 rings (SSSR count). The summed E-state index contributed by atoms with van der Waals surface area (Å²) in [5, 5.41) is 0. The second-order valence-corrected chi connectivity index (χ2v) is 13.1. The first kappa shape index (κ1) is 27.5. The number of fused-ring (bicyclic) bond motifs is 2. The zero-order valence-corrected chi connectivity index (χ0v) is 25.7. The highest BCUT2D eigenvalue weighted by Gasteiger charge is 2.37. The van der Waals surface area contributed by atoms with Gasteiger partial charge < -0.3 is 0 Å². The van der Waals surface area contributed by atoms with Crippen LogP contribution < -0.4 is 0 Å². The van der Waals surface area contributed by atoms with Gasteiger partial charge in [0.2, 0.25) is 0 Å². The Morgan fingerprint density at radius 3 is 1.37 bits per heavy atom. The van der Waals surface area contributed by atoms with Gasteiger partial charge in [-0.05, 0) is 86.7 Å². The second kappa shape index (κ2) is 11.0. The van der Waals surface area contributed by atoms with Gasteiger partial charge >= 0.3 is 0 Å². The second-order valence-electron chi connectivity index (χ2n) is 13.1. The van der Waals surface area contributed by atoms with Crippen molar-refractivity contribution >= 4 is 12.2 Å². The van der Waals surface area contributed by atoms with E-state index in [1.54, 1.807) is 11.1 Å². The predicted octanol–water partition coefficient (Wildman–Crippen LogP) is 11.7. The van der Waals surface area contributed by atoms with Crippen molar-refractivity contribution in [2.45, 2.75) is 79.1 Å². The summed E-state index contributed by atoms with van der Waals surface area (Å²) in [5.74, 6) is 1.10. The molecule has 0 saturated carbocycles. The van der Waals surface area contributed by atoms with Crippen LogP contribution in [0, 0.1) is 5.41 Å². The first-order valence-electron chi connectivity index (χ1n) is 15.6. The maximum absolute atomic E-state index is 2.55. The molecule has 0 heterocycles. The Morgan fingerprint density at radius 1 is 0.585 bits per heavy atom. The van der Waals surface area contributed by atoms with Gasteiger partial charge in [-0.25, -0.2) is 0 Å². The van der Waals surface area contributed by atoms with Crippen LogP contribution in [0.3, 0.4) is 0 Å². The summed E-state index contributed by atoms with van der Waals surface area (Å²) in [6.07, 6.45) is 9.52. The van der Waals surface area contributed by atoms with Crippen LogP contribution in [0.2, 0.25) is 0 Å². The molecule has 0 amide bonds. The lowest BCUT2D eigenvalue weighted by Gasteiger charge is -2.33. The van der Waals surface area contributed by atoms with E-state index in [9.17, 15) is 0 Å². The summed E-state index contributed by atoms with van der Waals surface area (Å²) in [4.78, 5) is 0. The van der Waals surface area contributed by atoms with E-state index in [0.717, 1.165) is 12.8 Å². The Bertz CT molecular complexity index is 1500. The van der Waals surface area contributed by atoms with Crippen LogP contribution in [-0.4, -0.2) is 0 Å². The molecule has 0 aliphatic heterocycles. The number of benzene rings is 4. The molecule has 4 aromatic carbocycles. The lowest BCUT2D eigenvalue weighted by atomic mass is 9.71. The number of hydrogen-bond acceptors (Lipinski definition) is 0. The van der Waals surface area contributed by atoms with Crippen molar-refractivity contribution in [3.05, 3.63) is 129 Å². The predicted molar refractivity (Wildman–Crippen MR) is 178 cm³/mol. The van der Waals surface area contributed by atoms with Crippen molar-refractivity contribution in [1.82, 2.24) is 0 Å². The molecule has 208 valence electrons. The Balaban J connectivity index is 1.37. The molecular weight excluding hydrogens is 492 g/mol. The SMILES string of the molecule is CCCC(C)(C1=Cc2c(cccc2-c2ccc(C(C)C)cc2)C1)C1=Cc2c(cccc2-c2ccc(C(C)C)cc2)C1. The molecule has 0 atom stereocenters. The summed E-state index contributed by atoms with van der Waals surface area (Å²) >= 11 is 0. The van der Waals surface area contributed by atoms with Crippen molar-refractivity contribution in [3.63, 3.8) is 0 Å². The highest BCUT2D eigenvalue weighted by molar-refractivity contribution is 5.84. The largest absolute Gasteiger partial charge is 0.0653 e. The minimum Gasteiger partial charge on any atom is -0.0653 e. The average Bonchev–Trinajstić information content (AvgIpc) is 3.63. The molecular formula is C41H44. The normalized spacial score (nSPS) is 14.3. The quantitative estimate of drug-likeness (QED) is 0.210. The van der Waals surface area contributed by atoms with E-state index in [0.29, 0.717) is 11.8 Å². The van der Waals surface area contributed by atoms with Crippen molar-refractivity contribution in [2.75, 3.05) is 0 Å². The topological polar surface area (TPSA) is 0 Å². The molecule has 41 heavy (non-hydrogen) atoms. The molecule has 2 aliphatic rings. The Hall–Kier alpha value is -3.64. The zero-order valence-electron chi connectivity index (χ0n) is 25.7. The van der Waals surface area contributed by atoms with E-state index in [2.05, 4.69) is 139 Å². The molecule has 0 spiro atoms. The third kappa shape index (κ3) is 5.03. The van der Waals surface area contributed by atoms with Crippen molar-refractivity contribution in [3.8, 4) is 22.3 Å². The first-order valence-corrected chi connectivity index (χ1v) is 15.6. The molecule has 0 fully saturated rings. The molecule has 2 aliphatic carbocycles. The summed E-state index contributed by atoms with van der Waals surface area (Å²) in [7, 11) is 0. The maximum Gasteiger partial charge on any atom is 0.0105 e. The van der Waals surface area contributed by atoms with Crippen LogP contribution >= 0.6 is 0 Å². The van der Waals surface area contributed by atoms with Crippen LogP contribution in [-0.2, 0) is 12.8 Å². The van der Waals surface area contributed by atoms with Crippen molar-refractivity contribution < 1.29 is 0 Å². The Kier molecular flexibility index (Phi) is 7.37. The fraction of sp³-hybridized carbons (Fsp3) is 0.317. The highest BCUT2D eigenvalue weighted by Crippen LogP contribution is 2.51. The lowest BCUT2D eigenvalue weighted by Crippen LogP contribution is -2.22. The summed E-state index contributed by atoms with van der Waals surface area (Å²) in [6, 6.07) is 32.2. The third-order valence-electron chi connectivity index (χ3n) is 9.74. The standard InChI is InChI=1S/C41H44/c1-7-22-41(6,35-23-33-10-8-12-37(39(33)25-35)31-18-14-29(15-19-31)27(2)3)36-24-34-11-9-13-38(40(34)26-36)32-20-16-30(17-21-32)28(4)5/h8-21,25-28H,7,22-24H2,1-6H3. The molecule has 0 saturated heterocycles. The maximum atomic E-state index is 2.55. The van der Waals surface area contributed by atoms with E-state index in [4.69, 9.17) is 0 Å². The average molecular weight is 537 g/mol. The molecule has 0 heteroatoms. The van der Waals surface area contributed by atoms with Crippen LogP contribution in [0.25, 0.3) is 34.4 Å². The summed E-state index contributed by atoms with van der Waals surface area (Å²) in [6.45, 7) is 13.9. The smallest absolute Gasteiger partial charge is 0.0105 e. The number of allylic oxidation sites excluding steroid dienone is 2. The molecule has 0 N–H and O–H groups in total. The summed E-state index contributed by atoms with van der Waals surface area (Å²) < 4.78 is 0. The van der Waals surface area contributed by atoms with Crippen LogP contribution in [0.1, 0.15) is 99.6 Å². The molecule has 0 bridgehead atoms. The van der Waals surface area contributed by atoms with Gasteiger partial charge in [0, 0.05) is 5.41 Å². The molecule has 0 aromatic heterocycles. The van der Waals surface area contributed by atoms with Gasteiger partial charge in [-0.3, -0.25) is 0 Å². The van der Waals surface area contributed by atoms with E-state index in [1.165, 1.54) is 68.5 Å². The van der Waals surface area contributed by atoms with Gasteiger partial charge in [-0.2, -0.15) is 0 Å². The van der Waals surface area contributed by atoms with Crippen LogP contribution in [0.15, 0.2) is 96.1 Å². The van der Waals surface area contributed by atoms with Gasteiger partial charge in [0.1, 0.15) is 0 Å². The number of rotatable bonds is 8. The summed E-state index contributed by atoms with van der Waals surface area (Å²) in [5.41, 5.74) is 17.1. The highest BCUT2D eigenvalue weighted by atomic mass is 14.4. The Morgan fingerprint density at radius 2 is 1.00 bits per heavy atom. The first-order chi connectivity index (χ1) is 19.8. The van der Waals surface area contributed by atoms with Crippen LogP contribution in [0.4, 0.5) is 0 Å². The van der Waals surface area contributed by atoms with Gasteiger partial charge in [-0.15, -0.1) is 0 Å². The van der Waals surface area contributed by atoms with Gasteiger partial charge in [0.25, 0.3) is 0 Å². The van der Waals surface area contributed by atoms with Gasteiger partial charge in [-0.1, -0.05) is 156 Å². The van der Waals surface area contributed by atoms with Gasteiger partial charge in [0.15, 0.2) is 0 Å². The molecule has 0 radical (unpaired) electrons. The van der Waals surface area contributed by atoms with E-state index in [1.807, 2.05) is 0 Å². The Labute approximate surface area is 247 Å². The minimum absolute atomic E-state index is 0.0460. The fourth-order valence-corrected chi connectivity index (χ4v) is 7.07. The van der Waals surface area contributed by atoms with Gasteiger partial charge in [0.05, 0.1) is 0 Å². The third-order valence-corrected chi connectivity index (χ3v) is 9.74. The number of hydrogen-bond donors (Lipinski definition) is 0. The zero-order chi connectivity index (χ0) is 28.7. The molecule has 0 nitrogen and oxygen atoms in total. The van der Waals surface area contributed by atoms with Crippen molar-refractivity contribution in [2.24, 2.45) is 5.41 Å². The monoisotopic (exact) mass is 536 g/mol. The van der Waals surface area contributed by atoms with E-state index < -0.39 is 0 Å².